The van der Waals surface area contributed by atoms with Crippen LogP contribution in [0.1, 0.15) is 25.3 Å². The van der Waals surface area contributed by atoms with Gasteiger partial charge in [0.1, 0.15) is 12.1 Å². The maximum atomic E-state index is 12.7. The second kappa shape index (κ2) is 6.97. The molecule has 0 saturated carbocycles. The Balaban J connectivity index is 1.79. The van der Waals surface area contributed by atoms with Gasteiger partial charge < -0.3 is 19.4 Å². The van der Waals surface area contributed by atoms with Gasteiger partial charge in [-0.2, -0.15) is 5.26 Å². The van der Waals surface area contributed by atoms with Crippen LogP contribution in [0, 0.1) is 11.3 Å². The average Bonchev–Trinajstić information content (AvgIpc) is 2.65. The molecule has 8 heteroatoms. The van der Waals surface area contributed by atoms with Gasteiger partial charge in [0.2, 0.25) is 0 Å². The first-order chi connectivity index (χ1) is 12.1. The number of pyridine rings is 1. The van der Waals surface area contributed by atoms with Crippen LogP contribution in [-0.4, -0.2) is 61.2 Å². The number of fused-ring (bicyclic) bond motifs is 3. The van der Waals surface area contributed by atoms with Gasteiger partial charge in [0.05, 0.1) is 24.4 Å². The lowest BCUT2D eigenvalue weighted by Gasteiger charge is -2.46. The maximum absolute atomic E-state index is 12.7. The van der Waals surface area contributed by atoms with Gasteiger partial charge in [0.15, 0.2) is 5.82 Å². The molecule has 0 spiro atoms. The highest BCUT2D eigenvalue weighted by Crippen LogP contribution is 2.35. The molecule has 1 fully saturated rings. The van der Waals surface area contributed by atoms with Gasteiger partial charge in [0.25, 0.3) is 5.91 Å². The number of amides is 2. The molecule has 0 radical (unpaired) electrons. The lowest BCUT2D eigenvalue weighted by molar-refractivity contribution is -0.120. The van der Waals surface area contributed by atoms with Crippen LogP contribution in [0.3, 0.4) is 0 Å². The summed E-state index contributed by atoms with van der Waals surface area (Å²) >= 11 is 0. The molecule has 0 N–H and O–H groups in total. The fraction of sp³-hybridized carbons (Fsp3) is 0.529. The highest BCUT2D eigenvalue weighted by atomic mass is 16.6. The molecule has 2 aliphatic heterocycles. The van der Waals surface area contributed by atoms with E-state index in [2.05, 4.69) is 4.98 Å². The molecule has 3 heterocycles. The molecule has 0 aliphatic carbocycles. The quantitative estimate of drug-likeness (QED) is 0.770. The standard InChI is InChI=1S/C17H21N5O3/c1-3-4-7-25-17(24)21-5-6-22-14(11-21)16(23)20(2)13-8-12(9-18)10-19-15(13)22/h8,10,14H,3-7,11H2,1-2H3/t14-/m0/s1. The molecule has 0 unspecified atom stereocenters. The molecule has 2 aliphatic rings. The third-order valence-corrected chi connectivity index (χ3v) is 4.59. The van der Waals surface area contributed by atoms with Gasteiger partial charge in [0, 0.05) is 26.3 Å². The smallest absolute Gasteiger partial charge is 0.409 e. The van der Waals surface area contributed by atoms with Crippen molar-refractivity contribution in [2.75, 3.05) is 43.1 Å². The summed E-state index contributed by atoms with van der Waals surface area (Å²) in [6.45, 7) is 3.68. The number of rotatable bonds is 3. The minimum atomic E-state index is -0.481. The van der Waals surface area contributed by atoms with E-state index >= 15 is 0 Å². The largest absolute Gasteiger partial charge is 0.449 e. The predicted octanol–water partition coefficient (Wildman–Crippen LogP) is 1.36. The second-order valence-corrected chi connectivity index (χ2v) is 6.20. The first kappa shape index (κ1) is 17.0. The number of unbranched alkanes of at least 4 members (excludes halogenated alkanes) is 1. The van der Waals surface area contributed by atoms with Crippen molar-refractivity contribution >= 4 is 23.5 Å². The van der Waals surface area contributed by atoms with Crippen LogP contribution in [0.4, 0.5) is 16.3 Å². The molecule has 1 saturated heterocycles. The molecular formula is C17H21N5O3. The van der Waals surface area contributed by atoms with E-state index in [0.717, 1.165) is 12.8 Å². The van der Waals surface area contributed by atoms with E-state index < -0.39 is 6.04 Å². The first-order valence-corrected chi connectivity index (χ1v) is 8.43. The van der Waals surface area contributed by atoms with E-state index in [1.807, 2.05) is 17.9 Å². The number of nitrogens with zero attached hydrogens (tertiary/aromatic N) is 5. The Hall–Kier alpha value is -2.82. The Labute approximate surface area is 146 Å². The molecule has 1 aromatic rings. The Morgan fingerprint density at radius 3 is 3.00 bits per heavy atom. The van der Waals surface area contributed by atoms with Crippen LogP contribution in [-0.2, 0) is 9.53 Å². The fourth-order valence-corrected chi connectivity index (χ4v) is 3.13. The number of aromatic nitrogens is 1. The topological polar surface area (TPSA) is 89.8 Å². The Morgan fingerprint density at radius 2 is 2.28 bits per heavy atom. The normalized spacial score (nSPS) is 19.2. The van der Waals surface area contributed by atoms with E-state index in [-0.39, 0.29) is 18.5 Å². The Morgan fingerprint density at radius 1 is 1.48 bits per heavy atom. The van der Waals surface area contributed by atoms with Crippen molar-refractivity contribution in [2.45, 2.75) is 25.8 Å². The molecule has 0 bridgehead atoms. The van der Waals surface area contributed by atoms with Crippen LogP contribution in [0.5, 0.6) is 0 Å². The zero-order valence-corrected chi connectivity index (χ0v) is 14.4. The van der Waals surface area contributed by atoms with Crippen molar-refractivity contribution in [2.24, 2.45) is 0 Å². The van der Waals surface area contributed by atoms with Gasteiger partial charge in [-0.25, -0.2) is 9.78 Å². The molecule has 8 nitrogen and oxygen atoms in total. The Kier molecular flexibility index (Phi) is 4.74. The van der Waals surface area contributed by atoms with E-state index in [0.29, 0.717) is 36.8 Å². The number of nitriles is 1. The number of carbonyl (C=O) groups is 2. The summed E-state index contributed by atoms with van der Waals surface area (Å²) in [6, 6.07) is 3.23. The highest BCUT2D eigenvalue weighted by molar-refractivity contribution is 6.05. The number of piperazine rings is 1. The molecule has 2 amide bonds. The van der Waals surface area contributed by atoms with Gasteiger partial charge in [-0.15, -0.1) is 0 Å². The zero-order valence-electron chi connectivity index (χ0n) is 14.4. The SMILES string of the molecule is CCCCOC(=O)N1CCN2c3ncc(C#N)cc3N(C)C(=O)[C@@H]2C1. The van der Waals surface area contributed by atoms with Gasteiger partial charge in [-0.3, -0.25) is 4.79 Å². The average molecular weight is 343 g/mol. The van der Waals surface area contributed by atoms with Gasteiger partial charge in [-0.1, -0.05) is 13.3 Å². The lowest BCUT2D eigenvalue weighted by Crippen LogP contribution is -2.63. The number of ether oxygens (including phenoxy) is 1. The van der Waals surface area contributed by atoms with E-state index in [1.165, 1.54) is 11.1 Å². The van der Waals surface area contributed by atoms with Crippen LogP contribution in [0.2, 0.25) is 0 Å². The second-order valence-electron chi connectivity index (χ2n) is 6.20. The van der Waals surface area contributed by atoms with E-state index in [1.54, 1.807) is 18.0 Å². The van der Waals surface area contributed by atoms with Crippen LogP contribution in [0.15, 0.2) is 12.3 Å². The summed E-state index contributed by atoms with van der Waals surface area (Å²) in [6.07, 6.45) is 2.92. The van der Waals surface area contributed by atoms with Crippen LogP contribution < -0.4 is 9.80 Å². The molecular weight excluding hydrogens is 322 g/mol. The summed E-state index contributed by atoms with van der Waals surface area (Å²) in [5, 5.41) is 9.04. The van der Waals surface area contributed by atoms with Crippen molar-refractivity contribution in [3.05, 3.63) is 17.8 Å². The minimum absolute atomic E-state index is 0.115. The summed E-state index contributed by atoms with van der Waals surface area (Å²) in [5.74, 6) is 0.556. The highest BCUT2D eigenvalue weighted by Gasteiger charge is 2.42. The van der Waals surface area contributed by atoms with Crippen molar-refractivity contribution in [1.82, 2.24) is 9.88 Å². The molecule has 0 aromatic carbocycles. The van der Waals surface area contributed by atoms with E-state index in [4.69, 9.17) is 10.00 Å². The molecule has 132 valence electrons. The number of likely N-dealkylation sites (N-methyl/N-ethyl adjacent to an activating group) is 1. The molecule has 25 heavy (non-hydrogen) atoms. The van der Waals surface area contributed by atoms with Crippen LogP contribution >= 0.6 is 0 Å². The first-order valence-electron chi connectivity index (χ1n) is 8.43. The minimum Gasteiger partial charge on any atom is -0.449 e. The third kappa shape index (κ3) is 3.09. The zero-order chi connectivity index (χ0) is 18.0. The van der Waals surface area contributed by atoms with Gasteiger partial charge in [-0.05, 0) is 12.5 Å². The number of hydrogen-bond acceptors (Lipinski definition) is 6. The Bertz CT molecular complexity index is 729. The monoisotopic (exact) mass is 343 g/mol. The number of carbonyl (C=O) groups excluding carboxylic acids is 2. The van der Waals surface area contributed by atoms with Crippen molar-refractivity contribution in [3.63, 3.8) is 0 Å². The molecule has 1 aromatic heterocycles. The number of hydrogen-bond donors (Lipinski definition) is 0. The van der Waals surface area contributed by atoms with Gasteiger partial charge >= 0.3 is 6.09 Å². The van der Waals surface area contributed by atoms with Crippen molar-refractivity contribution < 1.29 is 14.3 Å². The number of anilines is 2. The fourth-order valence-electron chi connectivity index (χ4n) is 3.13. The summed E-state index contributed by atoms with van der Waals surface area (Å²) in [5.41, 5.74) is 1.04. The predicted molar refractivity (Wildman–Crippen MR) is 91.3 cm³/mol. The molecule has 3 rings (SSSR count). The third-order valence-electron chi connectivity index (χ3n) is 4.59. The lowest BCUT2D eigenvalue weighted by atomic mass is 10.1. The summed E-state index contributed by atoms with van der Waals surface area (Å²) in [7, 11) is 1.67. The maximum Gasteiger partial charge on any atom is 0.409 e. The van der Waals surface area contributed by atoms with Crippen LogP contribution in [0.25, 0.3) is 0 Å². The molecule has 1 atom stereocenters. The van der Waals surface area contributed by atoms with E-state index in [9.17, 15) is 9.59 Å². The van der Waals surface area contributed by atoms with Crippen molar-refractivity contribution in [1.29, 1.82) is 5.26 Å². The summed E-state index contributed by atoms with van der Waals surface area (Å²) < 4.78 is 5.26. The summed E-state index contributed by atoms with van der Waals surface area (Å²) in [4.78, 5) is 34.3. The van der Waals surface area contributed by atoms with Crippen molar-refractivity contribution in [3.8, 4) is 6.07 Å².